The van der Waals surface area contributed by atoms with Crippen LogP contribution in [0.4, 0.5) is 11.4 Å². The third-order valence-corrected chi connectivity index (χ3v) is 4.93. The Kier molecular flexibility index (Phi) is 4.15. The highest BCUT2D eigenvalue weighted by Gasteiger charge is 2.26. The number of nitrogens with two attached hydrogens (primary N) is 1. The minimum absolute atomic E-state index is 0.0325. The molecule has 114 valence electrons. The quantitative estimate of drug-likeness (QED) is 0.685. The van der Waals surface area contributed by atoms with Crippen LogP contribution in [0.5, 0.6) is 0 Å². The molecule has 2 aliphatic rings. The van der Waals surface area contributed by atoms with Crippen molar-refractivity contribution in [2.45, 2.75) is 38.6 Å². The molecule has 0 radical (unpaired) electrons. The Morgan fingerprint density at radius 1 is 1.14 bits per heavy atom. The number of hydrogen-bond donors (Lipinski definition) is 1. The summed E-state index contributed by atoms with van der Waals surface area (Å²) in [6.07, 6.45) is 5.54. The van der Waals surface area contributed by atoms with E-state index in [9.17, 15) is 4.79 Å². The molecule has 0 spiro atoms. The maximum absolute atomic E-state index is 11.4. The third-order valence-electron chi connectivity index (χ3n) is 4.93. The zero-order valence-electron chi connectivity index (χ0n) is 12.8. The summed E-state index contributed by atoms with van der Waals surface area (Å²) in [6, 6.07) is 6.65. The standard InChI is InChI=1S/C17H25N3O/c1-13(21)16-7-6-15(12-17(16)18)20-10-8-19(9-11-20)14-4-2-3-5-14/h6-7,12,14H,2-5,8-11,18H2,1H3. The number of piperazine rings is 1. The van der Waals surface area contributed by atoms with E-state index >= 15 is 0 Å². The van der Waals surface area contributed by atoms with Crippen molar-refractivity contribution in [1.82, 2.24) is 4.90 Å². The van der Waals surface area contributed by atoms with Crippen LogP contribution in [0.25, 0.3) is 0 Å². The van der Waals surface area contributed by atoms with Crippen molar-refractivity contribution in [2.24, 2.45) is 0 Å². The summed E-state index contributed by atoms with van der Waals surface area (Å²) in [5, 5.41) is 0. The van der Waals surface area contributed by atoms with Gasteiger partial charge in [-0.25, -0.2) is 0 Å². The fourth-order valence-corrected chi connectivity index (χ4v) is 3.68. The average molecular weight is 287 g/mol. The number of nitrogen functional groups attached to an aromatic ring is 1. The lowest BCUT2D eigenvalue weighted by Gasteiger charge is -2.39. The van der Waals surface area contributed by atoms with Crippen LogP contribution < -0.4 is 10.6 Å². The minimum Gasteiger partial charge on any atom is -0.398 e. The van der Waals surface area contributed by atoms with E-state index in [2.05, 4.69) is 9.80 Å². The number of carbonyl (C=O) groups excluding carboxylic acids is 1. The Balaban J connectivity index is 1.64. The van der Waals surface area contributed by atoms with Gasteiger partial charge in [-0.15, -0.1) is 0 Å². The summed E-state index contributed by atoms with van der Waals surface area (Å²) in [7, 11) is 0. The van der Waals surface area contributed by atoms with E-state index in [0.29, 0.717) is 11.3 Å². The number of carbonyl (C=O) groups is 1. The second kappa shape index (κ2) is 6.06. The fraction of sp³-hybridized carbons (Fsp3) is 0.588. The van der Waals surface area contributed by atoms with E-state index in [-0.39, 0.29) is 5.78 Å². The molecule has 2 N–H and O–H groups in total. The molecule has 4 nitrogen and oxygen atoms in total. The van der Waals surface area contributed by atoms with Crippen LogP contribution in [-0.4, -0.2) is 42.9 Å². The van der Waals surface area contributed by atoms with Crippen molar-refractivity contribution >= 4 is 17.2 Å². The molecule has 0 unspecified atom stereocenters. The minimum atomic E-state index is 0.0325. The second-order valence-electron chi connectivity index (χ2n) is 6.29. The smallest absolute Gasteiger partial charge is 0.161 e. The van der Waals surface area contributed by atoms with Crippen molar-refractivity contribution < 1.29 is 4.79 Å². The van der Waals surface area contributed by atoms with Gasteiger partial charge in [-0.05, 0) is 38.0 Å². The van der Waals surface area contributed by atoms with Crippen LogP contribution in [0.1, 0.15) is 43.0 Å². The largest absolute Gasteiger partial charge is 0.398 e. The van der Waals surface area contributed by atoms with Gasteiger partial charge in [0.05, 0.1) is 0 Å². The van der Waals surface area contributed by atoms with Gasteiger partial charge in [0.15, 0.2) is 5.78 Å². The zero-order valence-corrected chi connectivity index (χ0v) is 12.8. The second-order valence-corrected chi connectivity index (χ2v) is 6.29. The molecule has 3 rings (SSSR count). The maximum atomic E-state index is 11.4. The monoisotopic (exact) mass is 287 g/mol. The first kappa shape index (κ1) is 14.4. The van der Waals surface area contributed by atoms with Crippen LogP contribution in [0.3, 0.4) is 0 Å². The molecular formula is C17H25N3O. The van der Waals surface area contributed by atoms with E-state index in [4.69, 9.17) is 5.73 Å². The van der Waals surface area contributed by atoms with E-state index < -0.39 is 0 Å². The van der Waals surface area contributed by atoms with Gasteiger partial charge in [-0.1, -0.05) is 12.8 Å². The van der Waals surface area contributed by atoms with Gasteiger partial charge in [0.1, 0.15) is 0 Å². The Morgan fingerprint density at radius 3 is 2.38 bits per heavy atom. The van der Waals surface area contributed by atoms with Crippen molar-refractivity contribution in [3.05, 3.63) is 23.8 Å². The lowest BCUT2D eigenvalue weighted by molar-refractivity contribution is 0.101. The van der Waals surface area contributed by atoms with Gasteiger partial charge >= 0.3 is 0 Å². The Morgan fingerprint density at radius 2 is 1.81 bits per heavy atom. The van der Waals surface area contributed by atoms with Gasteiger partial charge in [0, 0.05) is 49.2 Å². The first-order chi connectivity index (χ1) is 10.1. The SMILES string of the molecule is CC(=O)c1ccc(N2CCN(C3CCCC3)CC2)cc1N. The summed E-state index contributed by atoms with van der Waals surface area (Å²) in [5.41, 5.74) is 8.36. The normalized spacial score (nSPS) is 20.9. The Hall–Kier alpha value is -1.55. The van der Waals surface area contributed by atoms with Crippen LogP contribution in [0.2, 0.25) is 0 Å². The van der Waals surface area contributed by atoms with E-state index in [1.165, 1.54) is 25.7 Å². The molecule has 0 aromatic heterocycles. The molecule has 21 heavy (non-hydrogen) atoms. The molecule has 1 aromatic rings. The lowest BCUT2D eigenvalue weighted by atomic mass is 10.1. The molecule has 1 aromatic carbocycles. The highest BCUT2D eigenvalue weighted by atomic mass is 16.1. The van der Waals surface area contributed by atoms with Crippen molar-refractivity contribution in [2.75, 3.05) is 36.8 Å². The van der Waals surface area contributed by atoms with Crippen molar-refractivity contribution in [1.29, 1.82) is 0 Å². The average Bonchev–Trinajstić information content (AvgIpc) is 3.01. The maximum Gasteiger partial charge on any atom is 0.161 e. The van der Waals surface area contributed by atoms with Crippen LogP contribution in [0, 0.1) is 0 Å². The number of hydrogen-bond acceptors (Lipinski definition) is 4. The Labute approximate surface area is 126 Å². The molecule has 0 amide bonds. The van der Waals surface area contributed by atoms with E-state index in [1.807, 2.05) is 18.2 Å². The molecule has 1 saturated heterocycles. The molecule has 1 saturated carbocycles. The molecule has 0 bridgehead atoms. The van der Waals surface area contributed by atoms with Crippen molar-refractivity contribution in [3.8, 4) is 0 Å². The topological polar surface area (TPSA) is 49.6 Å². The van der Waals surface area contributed by atoms with Crippen LogP contribution in [-0.2, 0) is 0 Å². The van der Waals surface area contributed by atoms with Gasteiger partial charge in [-0.2, -0.15) is 0 Å². The number of ketones is 1. The molecule has 1 heterocycles. The number of Topliss-reactive ketones (excluding diaryl/α,β-unsaturated/α-hetero) is 1. The summed E-state index contributed by atoms with van der Waals surface area (Å²) in [5.74, 6) is 0.0325. The van der Waals surface area contributed by atoms with Crippen molar-refractivity contribution in [3.63, 3.8) is 0 Å². The van der Waals surface area contributed by atoms with Gasteiger partial charge < -0.3 is 10.6 Å². The first-order valence-corrected chi connectivity index (χ1v) is 8.04. The number of nitrogens with zero attached hydrogens (tertiary/aromatic N) is 2. The Bertz CT molecular complexity index is 515. The predicted octanol–water partition coefficient (Wildman–Crippen LogP) is 2.54. The molecular weight excluding hydrogens is 262 g/mol. The van der Waals surface area contributed by atoms with Gasteiger partial charge in [-0.3, -0.25) is 9.69 Å². The van der Waals surface area contributed by atoms with E-state index in [1.54, 1.807) is 6.92 Å². The third kappa shape index (κ3) is 3.05. The van der Waals surface area contributed by atoms with Gasteiger partial charge in [0.2, 0.25) is 0 Å². The van der Waals surface area contributed by atoms with Crippen LogP contribution >= 0.6 is 0 Å². The number of anilines is 2. The molecule has 1 aliphatic heterocycles. The van der Waals surface area contributed by atoms with Gasteiger partial charge in [0.25, 0.3) is 0 Å². The summed E-state index contributed by atoms with van der Waals surface area (Å²) in [4.78, 5) is 16.5. The molecule has 1 aliphatic carbocycles. The fourth-order valence-electron chi connectivity index (χ4n) is 3.68. The highest BCUT2D eigenvalue weighted by Crippen LogP contribution is 2.27. The van der Waals surface area contributed by atoms with E-state index in [0.717, 1.165) is 37.9 Å². The molecule has 4 heteroatoms. The first-order valence-electron chi connectivity index (χ1n) is 8.04. The zero-order chi connectivity index (χ0) is 14.8. The number of benzene rings is 1. The summed E-state index contributed by atoms with van der Waals surface area (Å²) >= 11 is 0. The highest BCUT2D eigenvalue weighted by molar-refractivity contribution is 5.99. The lowest BCUT2D eigenvalue weighted by Crippen LogP contribution is -2.49. The predicted molar refractivity (Wildman–Crippen MR) is 86.9 cm³/mol. The number of rotatable bonds is 3. The van der Waals surface area contributed by atoms with Crippen LogP contribution in [0.15, 0.2) is 18.2 Å². The molecule has 0 atom stereocenters. The molecule has 2 fully saturated rings. The summed E-state index contributed by atoms with van der Waals surface area (Å²) < 4.78 is 0. The summed E-state index contributed by atoms with van der Waals surface area (Å²) in [6.45, 7) is 5.94.